The molecule has 43 heavy (non-hydrogen) atoms. The number of rotatable bonds is 13. The zero-order chi connectivity index (χ0) is 31.1. The van der Waals surface area contributed by atoms with E-state index in [9.17, 15) is 19.6 Å². The lowest BCUT2D eigenvalue weighted by atomic mass is 9.74. The number of ether oxygens (including phenoxy) is 1. The fourth-order valence-corrected chi connectivity index (χ4v) is 4.98. The summed E-state index contributed by atoms with van der Waals surface area (Å²) in [7, 11) is -0.190. The Kier molecular flexibility index (Phi) is 10.2. The highest BCUT2D eigenvalue weighted by Gasteiger charge is 2.48. The van der Waals surface area contributed by atoms with Crippen LogP contribution in [0.2, 0.25) is 0 Å². The zero-order valence-corrected chi connectivity index (χ0v) is 25.2. The van der Waals surface area contributed by atoms with E-state index < -0.39 is 24.6 Å². The smallest absolute Gasteiger partial charge is 0.475 e. The molecule has 228 valence electrons. The number of aromatic nitrogens is 3. The number of amides is 2. The van der Waals surface area contributed by atoms with Crippen molar-refractivity contribution >= 4 is 24.6 Å². The van der Waals surface area contributed by atoms with Gasteiger partial charge in [-0.1, -0.05) is 37.2 Å². The molecule has 4 N–H and O–H groups in total. The summed E-state index contributed by atoms with van der Waals surface area (Å²) < 4.78 is 6.98. The second kappa shape index (κ2) is 13.8. The maximum Gasteiger partial charge on any atom is 0.475 e. The van der Waals surface area contributed by atoms with Gasteiger partial charge in [-0.3, -0.25) is 19.3 Å². The van der Waals surface area contributed by atoms with Crippen molar-refractivity contribution in [2.24, 2.45) is 11.1 Å². The van der Waals surface area contributed by atoms with E-state index in [1.807, 2.05) is 58.0 Å². The van der Waals surface area contributed by atoms with E-state index in [0.717, 1.165) is 5.56 Å². The lowest BCUT2D eigenvalue weighted by molar-refractivity contribution is -0.144. The Labute approximate surface area is 251 Å². The molecular formula is C30H39BN6O6. The fourth-order valence-electron chi connectivity index (χ4n) is 4.98. The van der Waals surface area contributed by atoms with Gasteiger partial charge in [-0.05, 0) is 62.1 Å². The third kappa shape index (κ3) is 7.79. The number of nitrogens with one attached hydrogen (secondary N) is 2. The van der Waals surface area contributed by atoms with E-state index >= 15 is 0 Å². The quantitative estimate of drug-likeness (QED) is 0.221. The molecule has 0 saturated heterocycles. The van der Waals surface area contributed by atoms with Crippen molar-refractivity contribution in [1.82, 2.24) is 25.4 Å². The summed E-state index contributed by atoms with van der Waals surface area (Å²) >= 11 is 0. The van der Waals surface area contributed by atoms with Crippen LogP contribution in [0.3, 0.4) is 0 Å². The number of benzene rings is 1. The van der Waals surface area contributed by atoms with Crippen LogP contribution in [0.5, 0.6) is 5.75 Å². The Balaban J connectivity index is 1.52. The summed E-state index contributed by atoms with van der Waals surface area (Å²) in [5, 5.41) is 34.3. The van der Waals surface area contributed by atoms with E-state index in [1.165, 1.54) is 0 Å². The molecule has 1 aliphatic heterocycles. The number of hydrogen-bond donors (Lipinski definition) is 4. The molecule has 3 heterocycles. The highest BCUT2D eigenvalue weighted by molar-refractivity contribution is 6.43. The molecule has 0 radical (unpaired) electrons. The number of methoxy groups -OCH3 is 1. The summed E-state index contributed by atoms with van der Waals surface area (Å²) in [6.07, 6.45) is 2.24. The van der Waals surface area contributed by atoms with Crippen LogP contribution in [0.1, 0.15) is 62.6 Å². The molecule has 2 unspecified atom stereocenters. The standard InChI is InChI=1S/C30H39BN6O6/c1-19(2)13-27(31(40)41)34-29(39)30(16-21-9-8-10-23(14-21)42-5)17-22(36-43-30)18-33-28(38)26-15-25(35-37(26)20(3)4)24-11-6-7-12-32-24/h6-12,14-15,19-20,27,40-41H,13,16-18H2,1-5H3,(H,33,38)(H,34,39). The highest BCUT2D eigenvalue weighted by atomic mass is 16.7. The molecule has 1 aromatic carbocycles. The minimum absolute atomic E-state index is 0.0339. The molecule has 0 saturated carbocycles. The maximum absolute atomic E-state index is 13.7. The molecule has 0 spiro atoms. The van der Waals surface area contributed by atoms with Gasteiger partial charge in [0, 0.05) is 25.1 Å². The van der Waals surface area contributed by atoms with Gasteiger partial charge >= 0.3 is 7.12 Å². The van der Waals surface area contributed by atoms with E-state index in [-0.39, 0.29) is 37.3 Å². The second-order valence-electron chi connectivity index (χ2n) is 11.4. The van der Waals surface area contributed by atoms with Crippen molar-refractivity contribution in [3.63, 3.8) is 0 Å². The zero-order valence-electron chi connectivity index (χ0n) is 25.2. The Hall–Kier alpha value is -4.23. The SMILES string of the molecule is COc1cccc(CC2(C(=O)NC(CC(C)C)B(O)O)CC(CNC(=O)c3cc(-c4ccccn4)nn3C(C)C)=NO2)c1. The van der Waals surface area contributed by atoms with Crippen molar-refractivity contribution in [2.75, 3.05) is 13.7 Å². The monoisotopic (exact) mass is 590 g/mol. The Bertz CT molecular complexity index is 1440. The molecule has 13 heteroatoms. The number of nitrogens with zero attached hydrogens (tertiary/aromatic N) is 4. The van der Waals surface area contributed by atoms with Crippen molar-refractivity contribution in [2.45, 2.75) is 64.5 Å². The van der Waals surface area contributed by atoms with Gasteiger partial charge in [0.25, 0.3) is 11.8 Å². The fraction of sp³-hybridized carbons (Fsp3) is 0.433. The number of oxime groups is 1. The summed E-state index contributed by atoms with van der Waals surface area (Å²) in [6.45, 7) is 7.75. The molecule has 0 bridgehead atoms. The Morgan fingerprint density at radius 1 is 1.12 bits per heavy atom. The summed E-state index contributed by atoms with van der Waals surface area (Å²) in [5.41, 5.74) is 1.35. The lowest BCUT2D eigenvalue weighted by Crippen LogP contribution is -2.56. The van der Waals surface area contributed by atoms with Gasteiger partial charge in [0.1, 0.15) is 17.1 Å². The summed E-state index contributed by atoms with van der Waals surface area (Å²) in [4.78, 5) is 37.2. The van der Waals surface area contributed by atoms with Gasteiger partial charge in [0.2, 0.25) is 5.60 Å². The first-order valence-corrected chi connectivity index (χ1v) is 14.3. The number of pyridine rings is 1. The molecule has 0 aliphatic carbocycles. The van der Waals surface area contributed by atoms with E-state index in [1.54, 1.807) is 36.2 Å². The van der Waals surface area contributed by atoms with Gasteiger partial charge in [0.15, 0.2) is 0 Å². The van der Waals surface area contributed by atoms with Crippen molar-refractivity contribution < 1.29 is 29.2 Å². The van der Waals surface area contributed by atoms with E-state index in [4.69, 9.17) is 9.57 Å². The molecule has 3 aromatic rings. The van der Waals surface area contributed by atoms with Crippen LogP contribution in [-0.2, 0) is 16.1 Å². The van der Waals surface area contributed by atoms with Crippen molar-refractivity contribution in [3.05, 3.63) is 66.0 Å². The summed E-state index contributed by atoms with van der Waals surface area (Å²) in [5.74, 6) is -1.06. The van der Waals surface area contributed by atoms with E-state index in [0.29, 0.717) is 35.0 Å². The van der Waals surface area contributed by atoms with Gasteiger partial charge in [-0.15, -0.1) is 0 Å². The Morgan fingerprint density at radius 3 is 2.56 bits per heavy atom. The van der Waals surface area contributed by atoms with Crippen LogP contribution in [0.4, 0.5) is 0 Å². The minimum atomic E-state index is -1.75. The molecular weight excluding hydrogens is 551 g/mol. The van der Waals surface area contributed by atoms with Gasteiger partial charge in [-0.25, -0.2) is 0 Å². The molecule has 0 fully saturated rings. The molecule has 2 aromatic heterocycles. The van der Waals surface area contributed by atoms with Gasteiger partial charge in [-0.2, -0.15) is 5.10 Å². The van der Waals surface area contributed by atoms with Crippen molar-refractivity contribution in [3.8, 4) is 17.1 Å². The minimum Gasteiger partial charge on any atom is -0.497 e. The molecule has 1 aliphatic rings. The third-order valence-corrected chi connectivity index (χ3v) is 7.12. The van der Waals surface area contributed by atoms with Gasteiger partial charge < -0.3 is 30.3 Å². The molecule has 2 amide bonds. The lowest BCUT2D eigenvalue weighted by Gasteiger charge is -2.29. The topological polar surface area (TPSA) is 160 Å². The molecule has 12 nitrogen and oxygen atoms in total. The first kappa shape index (κ1) is 31.7. The normalized spacial score (nSPS) is 16.9. The van der Waals surface area contributed by atoms with Crippen LogP contribution in [0.15, 0.2) is 59.9 Å². The first-order chi connectivity index (χ1) is 20.5. The maximum atomic E-state index is 13.7. The average Bonchev–Trinajstić information content (AvgIpc) is 3.62. The predicted molar refractivity (Wildman–Crippen MR) is 162 cm³/mol. The van der Waals surface area contributed by atoms with Crippen LogP contribution in [0.25, 0.3) is 11.4 Å². The largest absolute Gasteiger partial charge is 0.497 e. The first-order valence-electron chi connectivity index (χ1n) is 14.3. The highest BCUT2D eigenvalue weighted by Crippen LogP contribution is 2.30. The van der Waals surface area contributed by atoms with Crippen molar-refractivity contribution in [1.29, 1.82) is 0 Å². The average molecular weight is 590 g/mol. The Morgan fingerprint density at radius 2 is 1.91 bits per heavy atom. The molecule has 4 rings (SSSR count). The number of carbonyl (C=O) groups is 2. The van der Waals surface area contributed by atoms with E-state index in [2.05, 4.69) is 25.9 Å². The van der Waals surface area contributed by atoms with Crippen LogP contribution >= 0.6 is 0 Å². The number of hydrogen-bond acceptors (Lipinski definition) is 9. The van der Waals surface area contributed by atoms with Crippen LogP contribution in [-0.4, -0.2) is 74.7 Å². The van der Waals surface area contributed by atoms with Gasteiger partial charge in [0.05, 0.1) is 31.0 Å². The number of carbonyl (C=O) groups excluding carboxylic acids is 2. The van der Waals surface area contributed by atoms with Crippen LogP contribution in [0, 0.1) is 5.92 Å². The molecule has 2 atom stereocenters. The second-order valence-corrected chi connectivity index (χ2v) is 11.4. The summed E-state index contributed by atoms with van der Waals surface area (Å²) in [6, 6.07) is 14.4. The third-order valence-electron chi connectivity index (χ3n) is 7.12. The predicted octanol–water partition coefficient (Wildman–Crippen LogP) is 2.57. The van der Waals surface area contributed by atoms with Crippen LogP contribution < -0.4 is 15.4 Å².